The smallest absolute Gasteiger partial charge is 0.251 e. The van der Waals surface area contributed by atoms with Crippen molar-refractivity contribution in [1.29, 1.82) is 0 Å². The number of carbonyl (C=O) groups is 1. The van der Waals surface area contributed by atoms with Crippen LogP contribution in [0.15, 0.2) is 24.3 Å². The van der Waals surface area contributed by atoms with Crippen molar-refractivity contribution >= 4 is 5.91 Å². The molecule has 3 aliphatic rings. The largest absolute Gasteiger partial charge is 0.378 e. The number of fused-ring (bicyclic) bond motifs is 3. The molecular formula is C21H31N2O2. The van der Waals surface area contributed by atoms with Gasteiger partial charge in [0.2, 0.25) is 0 Å². The quantitative estimate of drug-likeness (QED) is 0.708. The van der Waals surface area contributed by atoms with E-state index in [1.54, 1.807) is 0 Å². The zero-order chi connectivity index (χ0) is 17.8. The molecule has 1 radical (unpaired) electrons. The summed E-state index contributed by atoms with van der Waals surface area (Å²) in [6.45, 7) is 2.55. The topological polar surface area (TPSA) is 64.3 Å². The summed E-state index contributed by atoms with van der Waals surface area (Å²) in [5, 5.41) is 2.88. The highest BCUT2D eigenvalue weighted by atomic mass is 16.5. The number of nitrogens with one attached hydrogen (secondary N) is 1. The van der Waals surface area contributed by atoms with Gasteiger partial charge in [-0.1, -0.05) is 18.6 Å². The Bertz CT molecular complexity index is 558. The molecule has 0 atom stereocenters. The molecular weight excluding hydrogens is 312 g/mol. The molecule has 1 aromatic rings. The summed E-state index contributed by atoms with van der Waals surface area (Å²) in [4.78, 5) is 12.2. The average molecular weight is 343 g/mol. The van der Waals surface area contributed by atoms with Gasteiger partial charge in [-0.05, 0) is 81.0 Å². The Balaban J connectivity index is 1.57. The molecule has 4 heteroatoms. The summed E-state index contributed by atoms with van der Waals surface area (Å²) < 4.78 is 5.80. The maximum Gasteiger partial charge on any atom is 0.251 e. The molecule has 3 aliphatic carbocycles. The molecule has 3 N–H and O–H groups in total. The van der Waals surface area contributed by atoms with Gasteiger partial charge in [-0.2, -0.15) is 0 Å². The zero-order valence-corrected chi connectivity index (χ0v) is 15.4. The van der Waals surface area contributed by atoms with E-state index in [1.807, 2.05) is 25.8 Å². The number of rotatable bonds is 8. The molecule has 0 aliphatic heterocycles. The average Bonchev–Trinajstić information content (AvgIpc) is 2.69. The van der Waals surface area contributed by atoms with E-state index < -0.39 is 0 Å². The van der Waals surface area contributed by atoms with Crippen LogP contribution >= 0.6 is 0 Å². The van der Waals surface area contributed by atoms with Crippen molar-refractivity contribution in [3.63, 3.8) is 0 Å². The van der Waals surface area contributed by atoms with E-state index in [-0.39, 0.29) is 11.5 Å². The minimum atomic E-state index is -0.0255. The SMILES string of the molecule is COC12CCC(c3ccc(C(=O)N[CH]CCCCN)cc3)(CC1)CC2. The molecule has 137 valence electrons. The van der Waals surface area contributed by atoms with Gasteiger partial charge in [0.25, 0.3) is 5.91 Å². The van der Waals surface area contributed by atoms with Crippen LogP contribution in [-0.2, 0) is 10.2 Å². The fourth-order valence-corrected chi connectivity index (χ4v) is 4.50. The van der Waals surface area contributed by atoms with Crippen molar-refractivity contribution in [2.75, 3.05) is 13.7 Å². The number of hydrogen-bond donors (Lipinski definition) is 2. The van der Waals surface area contributed by atoms with Gasteiger partial charge in [-0.25, -0.2) is 0 Å². The lowest BCUT2D eigenvalue weighted by Crippen LogP contribution is -2.49. The lowest BCUT2D eigenvalue weighted by molar-refractivity contribution is -0.0955. The van der Waals surface area contributed by atoms with Crippen LogP contribution < -0.4 is 11.1 Å². The maximum atomic E-state index is 12.2. The summed E-state index contributed by atoms with van der Waals surface area (Å²) in [6.07, 6.45) is 9.93. The van der Waals surface area contributed by atoms with Crippen LogP contribution in [0.2, 0.25) is 0 Å². The molecule has 0 heterocycles. The number of amides is 1. The Morgan fingerprint density at radius 3 is 2.32 bits per heavy atom. The van der Waals surface area contributed by atoms with Crippen molar-refractivity contribution in [1.82, 2.24) is 5.32 Å². The Kier molecular flexibility index (Phi) is 5.80. The minimum absolute atomic E-state index is 0.0255. The molecule has 4 rings (SSSR count). The van der Waals surface area contributed by atoms with E-state index in [4.69, 9.17) is 10.5 Å². The second kappa shape index (κ2) is 7.88. The first kappa shape index (κ1) is 18.4. The van der Waals surface area contributed by atoms with Crippen LogP contribution in [0.5, 0.6) is 0 Å². The third kappa shape index (κ3) is 3.90. The number of unbranched alkanes of at least 4 members (excludes halogenated alkanes) is 2. The van der Waals surface area contributed by atoms with E-state index in [9.17, 15) is 4.79 Å². The monoisotopic (exact) mass is 343 g/mol. The number of nitrogens with two attached hydrogens (primary N) is 1. The van der Waals surface area contributed by atoms with Crippen molar-refractivity contribution < 1.29 is 9.53 Å². The van der Waals surface area contributed by atoms with E-state index in [1.165, 1.54) is 24.8 Å². The van der Waals surface area contributed by atoms with Gasteiger partial charge in [-0.3, -0.25) is 4.79 Å². The number of benzene rings is 1. The highest BCUT2D eigenvalue weighted by Gasteiger charge is 2.49. The van der Waals surface area contributed by atoms with Crippen molar-refractivity contribution in [2.24, 2.45) is 5.73 Å². The van der Waals surface area contributed by atoms with Gasteiger partial charge in [0.1, 0.15) is 0 Å². The molecule has 0 unspecified atom stereocenters. The third-order valence-corrected chi connectivity index (χ3v) is 6.41. The zero-order valence-electron chi connectivity index (χ0n) is 15.4. The lowest BCUT2D eigenvalue weighted by atomic mass is 9.56. The predicted octanol–water partition coefficient (Wildman–Crippen LogP) is 3.70. The van der Waals surface area contributed by atoms with Crippen LogP contribution in [0.4, 0.5) is 0 Å². The lowest BCUT2D eigenvalue weighted by Gasteiger charge is -2.53. The molecule has 3 saturated carbocycles. The van der Waals surface area contributed by atoms with Gasteiger partial charge in [0.15, 0.2) is 0 Å². The van der Waals surface area contributed by atoms with E-state index in [0.29, 0.717) is 12.0 Å². The molecule has 0 saturated heterocycles. The van der Waals surface area contributed by atoms with Gasteiger partial charge in [-0.15, -0.1) is 0 Å². The highest BCUT2D eigenvalue weighted by Crippen LogP contribution is 2.54. The molecule has 1 amide bonds. The fourth-order valence-electron chi connectivity index (χ4n) is 4.50. The Morgan fingerprint density at radius 1 is 1.12 bits per heavy atom. The van der Waals surface area contributed by atoms with Crippen molar-refractivity contribution in [2.45, 2.75) is 68.8 Å². The van der Waals surface area contributed by atoms with Crippen LogP contribution in [0, 0.1) is 6.54 Å². The molecule has 3 fully saturated rings. The van der Waals surface area contributed by atoms with Gasteiger partial charge in [0.05, 0.1) is 5.60 Å². The first-order valence-corrected chi connectivity index (χ1v) is 9.61. The minimum Gasteiger partial charge on any atom is -0.378 e. The second-order valence-electron chi connectivity index (χ2n) is 7.71. The first-order chi connectivity index (χ1) is 12.1. The van der Waals surface area contributed by atoms with Crippen molar-refractivity contribution in [3.8, 4) is 0 Å². The standard InChI is InChI=1S/C21H31N2O2/c1-25-21-12-9-20(10-13-21,11-14-21)18-7-5-17(6-8-18)19(24)23-16-4-2-3-15-22/h5-8,16H,2-4,9-15,22H2,1H3,(H,23,24). The van der Waals surface area contributed by atoms with Crippen molar-refractivity contribution in [3.05, 3.63) is 41.9 Å². The van der Waals surface area contributed by atoms with Gasteiger partial charge >= 0.3 is 0 Å². The molecule has 2 bridgehead atoms. The Morgan fingerprint density at radius 2 is 1.76 bits per heavy atom. The second-order valence-corrected chi connectivity index (χ2v) is 7.71. The predicted molar refractivity (Wildman–Crippen MR) is 100 cm³/mol. The molecule has 0 aromatic heterocycles. The summed E-state index contributed by atoms with van der Waals surface area (Å²) >= 11 is 0. The summed E-state index contributed by atoms with van der Waals surface area (Å²) in [7, 11) is 1.86. The number of methoxy groups -OCH3 is 1. The van der Waals surface area contributed by atoms with E-state index in [2.05, 4.69) is 17.4 Å². The van der Waals surface area contributed by atoms with Crippen LogP contribution in [-0.4, -0.2) is 25.2 Å². The van der Waals surface area contributed by atoms with Crippen LogP contribution in [0.25, 0.3) is 0 Å². The summed E-state index contributed by atoms with van der Waals surface area (Å²) in [5.41, 5.74) is 8.02. The number of carbonyl (C=O) groups excluding carboxylic acids is 1. The maximum absolute atomic E-state index is 12.2. The first-order valence-electron chi connectivity index (χ1n) is 9.61. The van der Waals surface area contributed by atoms with E-state index in [0.717, 1.165) is 44.1 Å². The highest BCUT2D eigenvalue weighted by molar-refractivity contribution is 5.94. The summed E-state index contributed by atoms with van der Waals surface area (Å²) in [6, 6.07) is 8.27. The third-order valence-electron chi connectivity index (χ3n) is 6.41. The molecule has 25 heavy (non-hydrogen) atoms. The normalized spacial score (nSPS) is 28.1. The molecule has 1 aromatic carbocycles. The van der Waals surface area contributed by atoms with Crippen LogP contribution in [0.1, 0.15) is 73.7 Å². The Labute approximate surface area is 151 Å². The number of hydrogen-bond acceptors (Lipinski definition) is 3. The van der Waals surface area contributed by atoms with E-state index >= 15 is 0 Å². The Hall–Kier alpha value is -1.39. The van der Waals surface area contributed by atoms with Gasteiger partial charge < -0.3 is 15.8 Å². The molecule has 4 nitrogen and oxygen atoms in total. The fraction of sp³-hybridized carbons (Fsp3) is 0.619. The molecule has 0 spiro atoms. The number of ether oxygens (including phenoxy) is 1. The van der Waals surface area contributed by atoms with Crippen LogP contribution in [0.3, 0.4) is 0 Å². The van der Waals surface area contributed by atoms with Gasteiger partial charge in [0, 0.05) is 19.2 Å². The summed E-state index contributed by atoms with van der Waals surface area (Å²) in [5.74, 6) is -0.0255.